The standard InChI is InChI=1S/C22H33NO7/c1-2-7-23-8-3-4-13-9-14-12(10-15(13)23)5-6-16(25)21(14)30-22-20(28)19(27)18(26)17(11-24)29-22/h5-6,13,15,17-20,22,24-28H,2-4,7-11H2,1H3/t13-,15-,17-,18-,19+,20-,22+/m1/s1. The Balaban J connectivity index is 1.60. The van der Waals surface area contributed by atoms with Crippen LogP contribution in [-0.4, -0.2) is 86.9 Å². The number of phenolic OH excluding ortho intramolecular Hbond substituents is 1. The third kappa shape index (κ3) is 3.92. The van der Waals surface area contributed by atoms with Crippen molar-refractivity contribution in [3.05, 3.63) is 23.3 Å². The number of rotatable bonds is 5. The van der Waals surface area contributed by atoms with Crippen molar-refractivity contribution in [1.82, 2.24) is 4.90 Å². The molecule has 0 bridgehead atoms. The molecular weight excluding hydrogens is 390 g/mol. The van der Waals surface area contributed by atoms with E-state index in [2.05, 4.69) is 11.8 Å². The van der Waals surface area contributed by atoms with Crippen molar-refractivity contribution < 1.29 is 35.0 Å². The van der Waals surface area contributed by atoms with Crippen LogP contribution in [-0.2, 0) is 17.6 Å². The molecule has 8 nitrogen and oxygen atoms in total. The second-order valence-corrected chi connectivity index (χ2v) is 8.78. The van der Waals surface area contributed by atoms with Crippen LogP contribution >= 0.6 is 0 Å². The zero-order valence-electron chi connectivity index (χ0n) is 17.4. The van der Waals surface area contributed by atoms with Gasteiger partial charge in [0.25, 0.3) is 0 Å². The SMILES string of the molecule is CCCN1CCC[C@@H]2Cc3c(ccc(O)c3O[C@@H]3O[C@H](CO)[C@@H](O)[C@H](O)[C@H]3O)C[C@H]21. The number of likely N-dealkylation sites (tertiary alicyclic amines) is 1. The molecule has 2 heterocycles. The van der Waals surface area contributed by atoms with Crippen LogP contribution in [0, 0.1) is 5.92 Å². The number of hydrogen-bond acceptors (Lipinski definition) is 8. The maximum absolute atomic E-state index is 10.5. The topological polar surface area (TPSA) is 123 Å². The number of piperidine rings is 1. The van der Waals surface area contributed by atoms with Gasteiger partial charge in [0, 0.05) is 11.6 Å². The number of aliphatic hydroxyl groups excluding tert-OH is 4. The quantitative estimate of drug-likeness (QED) is 0.454. The number of aliphatic hydroxyl groups is 4. The number of hydrogen-bond donors (Lipinski definition) is 5. The maximum Gasteiger partial charge on any atom is 0.229 e. The lowest BCUT2D eigenvalue weighted by molar-refractivity contribution is -0.277. The van der Waals surface area contributed by atoms with E-state index in [0.717, 1.165) is 56.3 Å². The van der Waals surface area contributed by atoms with Gasteiger partial charge in [0.15, 0.2) is 11.5 Å². The molecule has 5 N–H and O–H groups in total. The van der Waals surface area contributed by atoms with E-state index < -0.39 is 37.3 Å². The zero-order chi connectivity index (χ0) is 21.4. The summed E-state index contributed by atoms with van der Waals surface area (Å²) in [5.74, 6) is 0.671. The molecule has 0 amide bonds. The van der Waals surface area contributed by atoms with Gasteiger partial charge in [0.05, 0.1) is 6.61 Å². The summed E-state index contributed by atoms with van der Waals surface area (Å²) >= 11 is 0. The van der Waals surface area contributed by atoms with Gasteiger partial charge < -0.3 is 35.0 Å². The summed E-state index contributed by atoms with van der Waals surface area (Å²) in [5, 5.41) is 50.3. The van der Waals surface area contributed by atoms with Gasteiger partial charge in [0.1, 0.15) is 24.4 Å². The molecule has 0 aromatic heterocycles. The summed E-state index contributed by atoms with van der Waals surface area (Å²) in [6, 6.07) is 4.00. The average Bonchev–Trinajstić information content (AvgIpc) is 2.75. The molecular formula is C22H33NO7. The Morgan fingerprint density at radius 1 is 1.13 bits per heavy atom. The zero-order valence-corrected chi connectivity index (χ0v) is 17.4. The molecule has 0 unspecified atom stereocenters. The third-order valence-corrected chi connectivity index (χ3v) is 6.86. The summed E-state index contributed by atoms with van der Waals surface area (Å²) in [4.78, 5) is 2.57. The van der Waals surface area contributed by atoms with Gasteiger partial charge in [-0.25, -0.2) is 0 Å². The Morgan fingerprint density at radius 2 is 1.93 bits per heavy atom. The second-order valence-electron chi connectivity index (χ2n) is 8.78. The van der Waals surface area contributed by atoms with Gasteiger partial charge in [-0.1, -0.05) is 13.0 Å². The lowest BCUT2D eigenvalue weighted by atomic mass is 9.75. The molecule has 0 saturated carbocycles. The lowest BCUT2D eigenvalue weighted by Gasteiger charge is -2.45. The first-order valence-electron chi connectivity index (χ1n) is 11.0. The third-order valence-electron chi connectivity index (χ3n) is 6.86. The minimum atomic E-state index is -1.52. The van der Waals surface area contributed by atoms with Crippen LogP contribution in [0.25, 0.3) is 0 Å². The van der Waals surface area contributed by atoms with Gasteiger partial charge in [0.2, 0.25) is 6.29 Å². The number of phenols is 1. The van der Waals surface area contributed by atoms with Crippen molar-refractivity contribution in [2.75, 3.05) is 19.7 Å². The summed E-state index contributed by atoms with van der Waals surface area (Å²) in [5.41, 5.74) is 2.02. The Bertz CT molecular complexity index is 740. The Morgan fingerprint density at radius 3 is 2.67 bits per heavy atom. The fraction of sp³-hybridized carbons (Fsp3) is 0.727. The molecule has 2 saturated heterocycles. The van der Waals surface area contributed by atoms with Crippen LogP contribution in [0.15, 0.2) is 12.1 Å². The van der Waals surface area contributed by atoms with Crippen molar-refractivity contribution >= 4 is 0 Å². The van der Waals surface area contributed by atoms with Crippen LogP contribution in [0.4, 0.5) is 0 Å². The van der Waals surface area contributed by atoms with Gasteiger partial charge in [-0.2, -0.15) is 0 Å². The van der Waals surface area contributed by atoms with E-state index in [4.69, 9.17) is 9.47 Å². The van der Waals surface area contributed by atoms with Crippen molar-refractivity contribution in [3.63, 3.8) is 0 Å². The predicted molar refractivity (Wildman–Crippen MR) is 108 cm³/mol. The smallest absolute Gasteiger partial charge is 0.229 e. The highest BCUT2D eigenvalue weighted by atomic mass is 16.7. The minimum absolute atomic E-state index is 0.0506. The van der Waals surface area contributed by atoms with E-state index in [1.54, 1.807) is 6.07 Å². The largest absolute Gasteiger partial charge is 0.504 e. The fourth-order valence-electron chi connectivity index (χ4n) is 5.28. The Kier molecular flexibility index (Phi) is 6.53. The van der Waals surface area contributed by atoms with Gasteiger partial charge in [-0.15, -0.1) is 0 Å². The number of ether oxygens (including phenoxy) is 2. The molecule has 1 aliphatic carbocycles. The van der Waals surface area contributed by atoms with Crippen molar-refractivity contribution in [2.24, 2.45) is 5.92 Å². The average molecular weight is 424 g/mol. The molecule has 4 rings (SSSR count). The first kappa shape index (κ1) is 21.8. The first-order chi connectivity index (χ1) is 14.4. The monoisotopic (exact) mass is 423 g/mol. The summed E-state index contributed by atoms with van der Waals surface area (Å²) in [7, 11) is 0. The van der Waals surface area contributed by atoms with Crippen LogP contribution in [0.2, 0.25) is 0 Å². The molecule has 2 fully saturated rings. The molecule has 0 spiro atoms. The normalized spacial score (nSPS) is 36.8. The molecule has 3 aliphatic rings. The maximum atomic E-state index is 10.5. The van der Waals surface area contributed by atoms with Crippen molar-refractivity contribution in [2.45, 2.75) is 75.8 Å². The van der Waals surface area contributed by atoms with Gasteiger partial charge in [-0.3, -0.25) is 4.90 Å². The molecule has 2 aliphatic heterocycles. The fourth-order valence-corrected chi connectivity index (χ4v) is 5.28. The number of benzene rings is 1. The van der Waals surface area contributed by atoms with Crippen LogP contribution in [0.3, 0.4) is 0 Å². The van der Waals surface area contributed by atoms with E-state index in [-0.39, 0.29) is 11.5 Å². The van der Waals surface area contributed by atoms with Crippen LogP contribution in [0.5, 0.6) is 11.5 Å². The van der Waals surface area contributed by atoms with Gasteiger partial charge in [-0.05, 0) is 62.7 Å². The lowest BCUT2D eigenvalue weighted by Crippen LogP contribution is -2.60. The second kappa shape index (κ2) is 8.98. The summed E-state index contributed by atoms with van der Waals surface area (Å²) < 4.78 is 11.4. The number of nitrogens with zero attached hydrogens (tertiary/aromatic N) is 1. The van der Waals surface area contributed by atoms with E-state index in [0.29, 0.717) is 12.0 Å². The highest BCUT2D eigenvalue weighted by Crippen LogP contribution is 2.43. The van der Waals surface area contributed by atoms with Crippen LogP contribution < -0.4 is 4.74 Å². The molecule has 168 valence electrons. The van der Waals surface area contributed by atoms with E-state index in [1.807, 2.05) is 6.07 Å². The van der Waals surface area contributed by atoms with Crippen molar-refractivity contribution in [1.29, 1.82) is 0 Å². The molecule has 1 aromatic rings. The highest BCUT2D eigenvalue weighted by molar-refractivity contribution is 5.52. The number of fused-ring (bicyclic) bond motifs is 2. The Hall–Kier alpha value is -1.42. The van der Waals surface area contributed by atoms with Gasteiger partial charge >= 0.3 is 0 Å². The van der Waals surface area contributed by atoms with E-state index in [1.165, 1.54) is 0 Å². The first-order valence-corrected chi connectivity index (χ1v) is 11.0. The van der Waals surface area contributed by atoms with E-state index in [9.17, 15) is 25.5 Å². The summed E-state index contributed by atoms with van der Waals surface area (Å²) in [6.45, 7) is 3.88. The Labute approximate surface area is 176 Å². The molecule has 0 radical (unpaired) electrons. The number of aromatic hydroxyl groups is 1. The molecule has 30 heavy (non-hydrogen) atoms. The molecule has 7 atom stereocenters. The predicted octanol–water partition coefficient (Wildman–Crippen LogP) is 0.160. The minimum Gasteiger partial charge on any atom is -0.504 e. The van der Waals surface area contributed by atoms with Crippen molar-refractivity contribution in [3.8, 4) is 11.5 Å². The molecule has 1 aromatic carbocycles. The summed E-state index contributed by atoms with van der Waals surface area (Å²) in [6.07, 6.45) is -1.80. The van der Waals surface area contributed by atoms with Crippen LogP contribution in [0.1, 0.15) is 37.3 Å². The highest BCUT2D eigenvalue weighted by Gasteiger charge is 2.45. The molecule has 8 heteroatoms. The van der Waals surface area contributed by atoms with E-state index >= 15 is 0 Å².